The quantitative estimate of drug-likeness (QED) is 0.814. The summed E-state index contributed by atoms with van der Waals surface area (Å²) in [5, 5.41) is 11.6. The number of carbonyl (C=O) groups is 1. The Bertz CT molecular complexity index is 323. The van der Waals surface area contributed by atoms with Crippen molar-refractivity contribution < 1.29 is 9.90 Å². The molecule has 0 bridgehead atoms. The Kier molecular flexibility index (Phi) is 4.71. The molecule has 1 rings (SSSR count). The van der Waals surface area contributed by atoms with Gasteiger partial charge < -0.3 is 10.4 Å². The zero-order valence-electron chi connectivity index (χ0n) is 8.40. The second-order valence-electron chi connectivity index (χ2n) is 3.13. The van der Waals surface area contributed by atoms with Crippen molar-refractivity contribution in [3.63, 3.8) is 0 Å². The van der Waals surface area contributed by atoms with Gasteiger partial charge in [0.2, 0.25) is 0 Å². The van der Waals surface area contributed by atoms with Crippen LogP contribution in [0.15, 0.2) is 22.9 Å². The van der Waals surface area contributed by atoms with Crippen LogP contribution in [0, 0.1) is 0 Å². The van der Waals surface area contributed by atoms with Gasteiger partial charge >= 0.3 is 0 Å². The van der Waals surface area contributed by atoms with Gasteiger partial charge in [-0.05, 0) is 34.5 Å². The maximum absolute atomic E-state index is 11.6. The average molecular weight is 273 g/mol. The lowest BCUT2D eigenvalue weighted by atomic mass is 10.2. The van der Waals surface area contributed by atoms with Crippen molar-refractivity contribution in [2.24, 2.45) is 0 Å². The summed E-state index contributed by atoms with van der Waals surface area (Å²) in [4.78, 5) is 15.6. The topological polar surface area (TPSA) is 62.2 Å². The third-order valence-corrected chi connectivity index (χ3v) is 2.51. The number of nitrogens with zero attached hydrogens (tertiary/aromatic N) is 1. The standard InChI is InChI=1S/C10H13BrN2O2/c1-2-8(6-14)13-10(15)7-3-4-9(11)12-5-7/h3-5,8,14H,2,6H2,1H3,(H,13,15). The first-order chi connectivity index (χ1) is 7.17. The number of halogens is 1. The van der Waals surface area contributed by atoms with Gasteiger partial charge in [0.25, 0.3) is 5.91 Å². The summed E-state index contributed by atoms with van der Waals surface area (Å²) >= 11 is 3.19. The number of aliphatic hydroxyl groups excluding tert-OH is 1. The van der Waals surface area contributed by atoms with Gasteiger partial charge in [-0.2, -0.15) is 0 Å². The molecule has 0 saturated heterocycles. The Morgan fingerprint density at radius 1 is 1.67 bits per heavy atom. The van der Waals surface area contributed by atoms with Crippen molar-refractivity contribution in [2.45, 2.75) is 19.4 Å². The molecule has 0 aliphatic heterocycles. The SMILES string of the molecule is CCC(CO)NC(=O)c1ccc(Br)nc1. The summed E-state index contributed by atoms with van der Waals surface area (Å²) in [6.45, 7) is 1.85. The Balaban J connectivity index is 2.64. The Morgan fingerprint density at radius 2 is 2.40 bits per heavy atom. The van der Waals surface area contributed by atoms with Gasteiger partial charge in [-0.25, -0.2) is 4.98 Å². The minimum atomic E-state index is -0.212. The molecule has 0 radical (unpaired) electrons. The molecule has 2 N–H and O–H groups in total. The van der Waals surface area contributed by atoms with Crippen LogP contribution in [0.3, 0.4) is 0 Å². The number of hydrogen-bond acceptors (Lipinski definition) is 3. The smallest absolute Gasteiger partial charge is 0.253 e. The zero-order chi connectivity index (χ0) is 11.3. The van der Waals surface area contributed by atoms with E-state index in [1.54, 1.807) is 12.1 Å². The van der Waals surface area contributed by atoms with Gasteiger partial charge in [-0.1, -0.05) is 6.92 Å². The first-order valence-electron chi connectivity index (χ1n) is 4.70. The van der Waals surface area contributed by atoms with Gasteiger partial charge in [0.15, 0.2) is 0 Å². The molecule has 0 aliphatic carbocycles. The minimum Gasteiger partial charge on any atom is -0.394 e. The molecule has 1 atom stereocenters. The Labute approximate surface area is 96.8 Å². The van der Waals surface area contributed by atoms with E-state index in [0.29, 0.717) is 16.6 Å². The number of aliphatic hydroxyl groups is 1. The van der Waals surface area contributed by atoms with E-state index < -0.39 is 0 Å². The highest BCUT2D eigenvalue weighted by molar-refractivity contribution is 9.10. The average Bonchev–Trinajstić information content (AvgIpc) is 2.26. The van der Waals surface area contributed by atoms with E-state index in [0.717, 1.165) is 0 Å². The lowest BCUT2D eigenvalue weighted by molar-refractivity contribution is 0.0914. The molecule has 82 valence electrons. The van der Waals surface area contributed by atoms with Gasteiger partial charge in [-0.3, -0.25) is 4.79 Å². The Hall–Kier alpha value is -0.940. The van der Waals surface area contributed by atoms with Crippen LogP contribution in [-0.2, 0) is 0 Å². The van der Waals surface area contributed by atoms with Crippen molar-refractivity contribution in [1.29, 1.82) is 0 Å². The summed E-state index contributed by atoms with van der Waals surface area (Å²) in [6, 6.07) is 3.19. The van der Waals surface area contributed by atoms with E-state index >= 15 is 0 Å². The van der Waals surface area contributed by atoms with Crippen LogP contribution in [-0.4, -0.2) is 28.6 Å². The van der Waals surface area contributed by atoms with Gasteiger partial charge in [0, 0.05) is 6.20 Å². The fourth-order valence-electron chi connectivity index (χ4n) is 1.06. The van der Waals surface area contributed by atoms with Crippen LogP contribution in [0.25, 0.3) is 0 Å². The molecule has 0 fully saturated rings. The highest BCUT2D eigenvalue weighted by Gasteiger charge is 2.10. The predicted octanol–water partition coefficient (Wildman–Crippen LogP) is 1.34. The number of carbonyl (C=O) groups excluding carboxylic acids is 1. The van der Waals surface area contributed by atoms with Crippen LogP contribution in [0.4, 0.5) is 0 Å². The fraction of sp³-hybridized carbons (Fsp3) is 0.400. The van der Waals surface area contributed by atoms with Crippen molar-refractivity contribution in [3.8, 4) is 0 Å². The molecule has 1 aromatic rings. The number of hydrogen-bond donors (Lipinski definition) is 2. The normalized spacial score (nSPS) is 12.2. The number of aromatic nitrogens is 1. The molecule has 0 spiro atoms. The maximum Gasteiger partial charge on any atom is 0.253 e. The summed E-state index contributed by atoms with van der Waals surface area (Å²) < 4.78 is 0.688. The molecule has 15 heavy (non-hydrogen) atoms. The lowest BCUT2D eigenvalue weighted by Crippen LogP contribution is -2.36. The molecule has 0 saturated carbocycles. The summed E-state index contributed by atoms with van der Waals surface area (Å²) in [6.07, 6.45) is 2.19. The number of pyridine rings is 1. The fourth-order valence-corrected chi connectivity index (χ4v) is 1.29. The van der Waals surface area contributed by atoms with E-state index in [4.69, 9.17) is 5.11 Å². The highest BCUT2D eigenvalue weighted by atomic mass is 79.9. The molecule has 0 aromatic carbocycles. The van der Waals surface area contributed by atoms with Gasteiger partial charge in [-0.15, -0.1) is 0 Å². The number of rotatable bonds is 4. The summed E-state index contributed by atoms with van der Waals surface area (Å²) in [5.74, 6) is -0.212. The van der Waals surface area contributed by atoms with Gasteiger partial charge in [0.05, 0.1) is 18.2 Å². The van der Waals surface area contributed by atoms with Gasteiger partial charge in [0.1, 0.15) is 4.60 Å². The third-order valence-electron chi connectivity index (χ3n) is 2.04. The number of nitrogens with one attached hydrogen (secondary N) is 1. The molecule has 1 unspecified atom stereocenters. The molecule has 4 nitrogen and oxygen atoms in total. The summed E-state index contributed by atoms with van der Waals surface area (Å²) in [7, 11) is 0. The Morgan fingerprint density at radius 3 is 2.87 bits per heavy atom. The number of amides is 1. The molecular weight excluding hydrogens is 260 g/mol. The first-order valence-corrected chi connectivity index (χ1v) is 5.50. The van der Waals surface area contributed by atoms with Crippen molar-refractivity contribution in [1.82, 2.24) is 10.3 Å². The van der Waals surface area contributed by atoms with Crippen LogP contribution in [0.2, 0.25) is 0 Å². The predicted molar refractivity (Wildman–Crippen MR) is 60.6 cm³/mol. The van der Waals surface area contributed by atoms with E-state index in [-0.39, 0.29) is 18.6 Å². The lowest BCUT2D eigenvalue weighted by Gasteiger charge is -2.13. The van der Waals surface area contributed by atoms with Crippen LogP contribution >= 0.6 is 15.9 Å². The summed E-state index contributed by atoms with van der Waals surface area (Å²) in [5.41, 5.74) is 0.491. The molecule has 1 amide bonds. The molecule has 0 aliphatic rings. The van der Waals surface area contributed by atoms with E-state index in [2.05, 4.69) is 26.2 Å². The third kappa shape index (κ3) is 3.60. The second kappa shape index (κ2) is 5.82. The van der Waals surface area contributed by atoms with Crippen LogP contribution < -0.4 is 5.32 Å². The van der Waals surface area contributed by atoms with E-state index in [9.17, 15) is 4.79 Å². The second-order valence-corrected chi connectivity index (χ2v) is 3.94. The molecule has 1 aromatic heterocycles. The maximum atomic E-state index is 11.6. The highest BCUT2D eigenvalue weighted by Crippen LogP contribution is 2.06. The van der Waals surface area contributed by atoms with Crippen molar-refractivity contribution in [3.05, 3.63) is 28.5 Å². The minimum absolute atomic E-state index is 0.0494. The molecule has 1 heterocycles. The monoisotopic (exact) mass is 272 g/mol. The van der Waals surface area contributed by atoms with E-state index in [1.807, 2.05) is 6.92 Å². The zero-order valence-corrected chi connectivity index (χ0v) is 9.99. The molecular formula is C10H13BrN2O2. The molecule has 5 heteroatoms. The first kappa shape index (κ1) is 12.1. The van der Waals surface area contributed by atoms with E-state index in [1.165, 1.54) is 6.20 Å². The van der Waals surface area contributed by atoms with Crippen molar-refractivity contribution >= 4 is 21.8 Å². The largest absolute Gasteiger partial charge is 0.394 e. The van der Waals surface area contributed by atoms with Crippen molar-refractivity contribution in [2.75, 3.05) is 6.61 Å². The van der Waals surface area contributed by atoms with Crippen LogP contribution in [0.5, 0.6) is 0 Å². The van der Waals surface area contributed by atoms with Crippen LogP contribution in [0.1, 0.15) is 23.7 Å².